The van der Waals surface area contributed by atoms with Crippen molar-refractivity contribution in [2.45, 2.75) is 47.1 Å². The molecule has 3 unspecified atom stereocenters. The molecular formula is C10H21N. The smallest absolute Gasteiger partial charge is 0.00673 e. The Labute approximate surface area is 70.4 Å². The third-order valence-corrected chi connectivity index (χ3v) is 4.04. The van der Waals surface area contributed by atoms with Crippen LogP contribution in [0.25, 0.3) is 0 Å². The minimum atomic E-state index is 0.338. The van der Waals surface area contributed by atoms with E-state index in [0.717, 1.165) is 5.92 Å². The fraction of sp³-hybridized carbons (Fsp3) is 1.00. The first kappa shape index (κ1) is 9.05. The molecule has 11 heavy (non-hydrogen) atoms. The maximum Gasteiger partial charge on any atom is 0.00673 e. The average molecular weight is 155 g/mol. The van der Waals surface area contributed by atoms with Crippen molar-refractivity contribution < 1.29 is 0 Å². The largest absolute Gasteiger partial charge is 0.327 e. The fourth-order valence-corrected chi connectivity index (χ4v) is 2.60. The second kappa shape index (κ2) is 2.22. The second-order valence-electron chi connectivity index (χ2n) is 5.18. The lowest BCUT2D eigenvalue weighted by Crippen LogP contribution is -2.58. The Morgan fingerprint density at radius 2 is 1.82 bits per heavy atom. The van der Waals surface area contributed by atoms with Gasteiger partial charge < -0.3 is 5.73 Å². The molecule has 0 spiro atoms. The van der Waals surface area contributed by atoms with E-state index in [1.807, 2.05) is 0 Å². The summed E-state index contributed by atoms with van der Waals surface area (Å²) in [6.45, 7) is 11.4. The minimum Gasteiger partial charge on any atom is -0.327 e. The normalized spacial score (nSPS) is 44.7. The van der Waals surface area contributed by atoms with Crippen LogP contribution in [-0.2, 0) is 0 Å². The molecule has 1 nitrogen and oxygen atoms in total. The van der Waals surface area contributed by atoms with Crippen molar-refractivity contribution in [1.29, 1.82) is 0 Å². The molecule has 2 N–H and O–H groups in total. The van der Waals surface area contributed by atoms with Gasteiger partial charge in [0.25, 0.3) is 0 Å². The Bertz CT molecular complexity index is 160. The molecule has 0 bridgehead atoms. The molecule has 1 aliphatic rings. The zero-order chi connectivity index (χ0) is 8.86. The van der Waals surface area contributed by atoms with E-state index in [1.165, 1.54) is 6.42 Å². The zero-order valence-corrected chi connectivity index (χ0v) is 8.44. The lowest BCUT2D eigenvalue weighted by atomic mass is 9.46. The van der Waals surface area contributed by atoms with Gasteiger partial charge in [-0.3, -0.25) is 0 Å². The Morgan fingerprint density at radius 1 is 1.36 bits per heavy atom. The second-order valence-corrected chi connectivity index (χ2v) is 5.18. The molecule has 0 aromatic carbocycles. The summed E-state index contributed by atoms with van der Waals surface area (Å²) in [6.07, 6.45) is 1.28. The predicted molar refractivity (Wildman–Crippen MR) is 49.3 cm³/mol. The number of nitrogens with two attached hydrogens (primary N) is 1. The average Bonchev–Trinajstić information content (AvgIpc) is 1.86. The van der Waals surface area contributed by atoms with Crippen LogP contribution in [0.2, 0.25) is 0 Å². The van der Waals surface area contributed by atoms with Crippen LogP contribution >= 0.6 is 0 Å². The standard InChI is InChI=1S/C10H21N/c1-7-9(3,4)6-10(7,5)8(2)11/h7-8H,6,11H2,1-5H3. The number of hydrogen-bond acceptors (Lipinski definition) is 1. The van der Waals surface area contributed by atoms with Gasteiger partial charge in [-0.2, -0.15) is 0 Å². The molecule has 0 heterocycles. The van der Waals surface area contributed by atoms with Crippen LogP contribution in [0.15, 0.2) is 0 Å². The van der Waals surface area contributed by atoms with E-state index < -0.39 is 0 Å². The topological polar surface area (TPSA) is 26.0 Å². The van der Waals surface area contributed by atoms with Gasteiger partial charge in [-0.05, 0) is 30.1 Å². The molecule has 0 aromatic rings. The quantitative estimate of drug-likeness (QED) is 0.618. The van der Waals surface area contributed by atoms with Crippen LogP contribution in [0.1, 0.15) is 41.0 Å². The SMILES string of the molecule is CC(N)C1(C)CC(C)(C)C1C. The molecule has 66 valence electrons. The van der Waals surface area contributed by atoms with E-state index in [1.54, 1.807) is 0 Å². The zero-order valence-electron chi connectivity index (χ0n) is 8.44. The van der Waals surface area contributed by atoms with E-state index in [-0.39, 0.29) is 0 Å². The molecule has 1 fully saturated rings. The maximum absolute atomic E-state index is 5.94. The molecule has 1 saturated carbocycles. The summed E-state index contributed by atoms with van der Waals surface area (Å²) >= 11 is 0. The van der Waals surface area contributed by atoms with Gasteiger partial charge in [0.15, 0.2) is 0 Å². The lowest BCUT2D eigenvalue weighted by Gasteiger charge is -2.60. The van der Waals surface area contributed by atoms with Crippen LogP contribution in [0.3, 0.4) is 0 Å². The van der Waals surface area contributed by atoms with Crippen molar-refractivity contribution >= 4 is 0 Å². The summed E-state index contributed by atoms with van der Waals surface area (Å²) in [6, 6.07) is 0.338. The maximum atomic E-state index is 5.94. The highest BCUT2D eigenvalue weighted by molar-refractivity contribution is 5.05. The van der Waals surface area contributed by atoms with Crippen molar-refractivity contribution in [1.82, 2.24) is 0 Å². The van der Waals surface area contributed by atoms with Gasteiger partial charge in [-0.25, -0.2) is 0 Å². The molecule has 1 heteroatoms. The third kappa shape index (κ3) is 1.10. The molecule has 0 aromatic heterocycles. The van der Waals surface area contributed by atoms with Gasteiger partial charge >= 0.3 is 0 Å². The first-order valence-corrected chi connectivity index (χ1v) is 4.56. The summed E-state index contributed by atoms with van der Waals surface area (Å²) in [4.78, 5) is 0. The van der Waals surface area contributed by atoms with Crippen LogP contribution < -0.4 is 5.73 Å². The molecule has 1 rings (SSSR count). The minimum absolute atomic E-state index is 0.338. The van der Waals surface area contributed by atoms with E-state index >= 15 is 0 Å². The van der Waals surface area contributed by atoms with Crippen LogP contribution in [0.4, 0.5) is 0 Å². The Morgan fingerprint density at radius 3 is 1.91 bits per heavy atom. The monoisotopic (exact) mass is 155 g/mol. The Balaban J connectivity index is 2.69. The van der Waals surface area contributed by atoms with Crippen molar-refractivity contribution in [3.8, 4) is 0 Å². The molecule has 0 saturated heterocycles. The Hall–Kier alpha value is -0.0400. The van der Waals surface area contributed by atoms with E-state index in [4.69, 9.17) is 5.73 Å². The van der Waals surface area contributed by atoms with Gasteiger partial charge in [-0.1, -0.05) is 27.7 Å². The molecular weight excluding hydrogens is 134 g/mol. The van der Waals surface area contributed by atoms with Crippen molar-refractivity contribution in [3.63, 3.8) is 0 Å². The molecule has 1 aliphatic carbocycles. The predicted octanol–water partition coefficient (Wildman–Crippen LogP) is 2.41. The van der Waals surface area contributed by atoms with Crippen LogP contribution in [0, 0.1) is 16.7 Å². The van der Waals surface area contributed by atoms with Gasteiger partial charge in [-0.15, -0.1) is 0 Å². The molecule has 0 amide bonds. The summed E-state index contributed by atoms with van der Waals surface area (Å²) in [5, 5.41) is 0. The molecule has 3 atom stereocenters. The van der Waals surface area contributed by atoms with E-state index in [0.29, 0.717) is 16.9 Å². The molecule has 0 aliphatic heterocycles. The van der Waals surface area contributed by atoms with Crippen molar-refractivity contribution in [2.24, 2.45) is 22.5 Å². The summed E-state index contributed by atoms with van der Waals surface area (Å²) in [7, 11) is 0. The fourth-order valence-electron chi connectivity index (χ4n) is 2.60. The highest BCUT2D eigenvalue weighted by Gasteiger charge is 2.54. The van der Waals surface area contributed by atoms with Gasteiger partial charge in [0, 0.05) is 6.04 Å². The third-order valence-electron chi connectivity index (χ3n) is 4.04. The van der Waals surface area contributed by atoms with Crippen molar-refractivity contribution in [2.75, 3.05) is 0 Å². The lowest BCUT2D eigenvalue weighted by molar-refractivity contribution is -0.0943. The van der Waals surface area contributed by atoms with Gasteiger partial charge in [0.2, 0.25) is 0 Å². The van der Waals surface area contributed by atoms with Gasteiger partial charge in [0.1, 0.15) is 0 Å². The van der Waals surface area contributed by atoms with Gasteiger partial charge in [0.05, 0.1) is 0 Å². The Kier molecular flexibility index (Phi) is 1.83. The van der Waals surface area contributed by atoms with E-state index in [2.05, 4.69) is 34.6 Å². The number of hydrogen-bond donors (Lipinski definition) is 1. The first-order chi connectivity index (χ1) is 4.81. The van der Waals surface area contributed by atoms with E-state index in [9.17, 15) is 0 Å². The first-order valence-electron chi connectivity index (χ1n) is 4.56. The number of rotatable bonds is 1. The highest BCUT2D eigenvalue weighted by Crippen LogP contribution is 2.59. The van der Waals surface area contributed by atoms with Crippen LogP contribution in [-0.4, -0.2) is 6.04 Å². The summed E-state index contributed by atoms with van der Waals surface area (Å²) < 4.78 is 0. The summed E-state index contributed by atoms with van der Waals surface area (Å²) in [5.74, 6) is 0.759. The highest BCUT2D eigenvalue weighted by atomic mass is 14.7. The van der Waals surface area contributed by atoms with Crippen LogP contribution in [0.5, 0.6) is 0 Å². The summed E-state index contributed by atoms with van der Waals surface area (Å²) in [5.41, 5.74) is 6.85. The van der Waals surface area contributed by atoms with Crippen molar-refractivity contribution in [3.05, 3.63) is 0 Å². The molecule has 0 radical (unpaired) electrons.